The van der Waals surface area contributed by atoms with Gasteiger partial charge in [0.2, 0.25) is 0 Å². The first-order valence-electron chi connectivity index (χ1n) is 6.23. The van der Waals surface area contributed by atoms with Crippen molar-refractivity contribution in [3.8, 4) is 6.07 Å². The van der Waals surface area contributed by atoms with Crippen molar-refractivity contribution in [1.82, 2.24) is 14.9 Å². The number of nitrogens with zero attached hydrogens (tertiary/aromatic N) is 5. The molecule has 0 radical (unpaired) electrons. The Balaban J connectivity index is 2.01. The monoisotopic (exact) mass is 245 g/mol. The summed E-state index contributed by atoms with van der Waals surface area (Å²) >= 11 is 0. The van der Waals surface area contributed by atoms with Gasteiger partial charge in [0.25, 0.3) is 0 Å². The van der Waals surface area contributed by atoms with Gasteiger partial charge in [-0.1, -0.05) is 0 Å². The average molecular weight is 245 g/mol. The molecule has 2 rings (SSSR count). The topological polar surface area (TPSA) is 56.0 Å². The average Bonchev–Trinajstić information content (AvgIpc) is 2.39. The summed E-state index contributed by atoms with van der Waals surface area (Å²) in [5, 5.41) is 9.14. The largest absolute Gasteiger partial charge is 0.354 e. The highest BCUT2D eigenvalue weighted by molar-refractivity contribution is 5.39. The number of nitriles is 1. The zero-order valence-corrected chi connectivity index (χ0v) is 11.2. The van der Waals surface area contributed by atoms with Crippen molar-refractivity contribution in [2.75, 3.05) is 31.1 Å². The van der Waals surface area contributed by atoms with E-state index in [4.69, 9.17) is 5.26 Å². The molecule has 96 valence electrons. The van der Waals surface area contributed by atoms with Gasteiger partial charge in [-0.05, 0) is 20.8 Å². The Morgan fingerprint density at radius 2 is 1.89 bits per heavy atom. The molecule has 0 amide bonds. The highest BCUT2D eigenvalue weighted by Gasteiger charge is 2.29. The molecule has 1 saturated heterocycles. The minimum atomic E-state index is -0.381. The fraction of sp³-hybridized carbons (Fsp3) is 0.615. The van der Waals surface area contributed by atoms with E-state index >= 15 is 0 Å². The van der Waals surface area contributed by atoms with Crippen molar-refractivity contribution in [1.29, 1.82) is 5.26 Å². The van der Waals surface area contributed by atoms with Crippen LogP contribution < -0.4 is 4.90 Å². The van der Waals surface area contributed by atoms with Gasteiger partial charge in [-0.15, -0.1) is 0 Å². The van der Waals surface area contributed by atoms with Crippen molar-refractivity contribution in [3.63, 3.8) is 0 Å². The molecule has 0 unspecified atom stereocenters. The van der Waals surface area contributed by atoms with E-state index in [0.29, 0.717) is 0 Å². The summed E-state index contributed by atoms with van der Waals surface area (Å²) in [6.07, 6.45) is 1.61. The van der Waals surface area contributed by atoms with Gasteiger partial charge in [0.1, 0.15) is 17.7 Å². The standard InChI is InChI=1S/C13H19N5/c1-11-8-12(16-10-15-11)17-4-6-18(7-5-17)13(2,3)9-14/h8,10H,4-7H2,1-3H3. The van der Waals surface area contributed by atoms with Crippen LogP contribution in [0, 0.1) is 18.3 Å². The van der Waals surface area contributed by atoms with Gasteiger partial charge in [0.05, 0.1) is 6.07 Å². The molecule has 0 aliphatic carbocycles. The van der Waals surface area contributed by atoms with E-state index in [9.17, 15) is 0 Å². The number of anilines is 1. The summed E-state index contributed by atoms with van der Waals surface area (Å²) in [6.45, 7) is 9.51. The lowest BCUT2D eigenvalue weighted by Crippen LogP contribution is -2.54. The van der Waals surface area contributed by atoms with Crippen LogP contribution in [0.3, 0.4) is 0 Å². The van der Waals surface area contributed by atoms with Crippen molar-refractivity contribution >= 4 is 5.82 Å². The highest BCUT2D eigenvalue weighted by Crippen LogP contribution is 2.19. The quantitative estimate of drug-likeness (QED) is 0.784. The third-order valence-corrected chi connectivity index (χ3v) is 3.46. The van der Waals surface area contributed by atoms with Gasteiger partial charge in [0, 0.05) is 37.9 Å². The Kier molecular flexibility index (Phi) is 3.48. The van der Waals surface area contributed by atoms with E-state index < -0.39 is 0 Å². The van der Waals surface area contributed by atoms with E-state index in [2.05, 4.69) is 25.8 Å². The van der Waals surface area contributed by atoms with Crippen molar-refractivity contribution in [3.05, 3.63) is 18.1 Å². The number of aryl methyl sites for hydroxylation is 1. The molecule has 1 fully saturated rings. The van der Waals surface area contributed by atoms with Crippen molar-refractivity contribution in [2.24, 2.45) is 0 Å². The van der Waals surface area contributed by atoms with Gasteiger partial charge in [0.15, 0.2) is 0 Å². The minimum Gasteiger partial charge on any atom is -0.354 e. The number of aromatic nitrogens is 2. The fourth-order valence-corrected chi connectivity index (χ4v) is 2.18. The molecule has 0 spiro atoms. The van der Waals surface area contributed by atoms with E-state index in [1.807, 2.05) is 26.8 Å². The SMILES string of the molecule is Cc1cc(N2CCN(C(C)(C)C#N)CC2)ncn1. The zero-order valence-electron chi connectivity index (χ0n) is 11.2. The van der Waals surface area contributed by atoms with Crippen molar-refractivity contribution in [2.45, 2.75) is 26.3 Å². The van der Waals surface area contributed by atoms with Gasteiger partial charge < -0.3 is 4.90 Å². The first-order valence-corrected chi connectivity index (χ1v) is 6.23. The molecular formula is C13H19N5. The normalized spacial score (nSPS) is 17.6. The molecule has 1 aliphatic heterocycles. The van der Waals surface area contributed by atoms with Crippen LogP contribution in [0.25, 0.3) is 0 Å². The molecule has 1 aromatic heterocycles. The predicted molar refractivity (Wildman–Crippen MR) is 70.2 cm³/mol. The second-order valence-corrected chi connectivity index (χ2v) is 5.16. The Hall–Kier alpha value is -1.67. The number of hydrogen-bond acceptors (Lipinski definition) is 5. The fourth-order valence-electron chi connectivity index (χ4n) is 2.18. The molecule has 2 heterocycles. The molecule has 0 atom stereocenters. The zero-order chi connectivity index (χ0) is 13.2. The lowest BCUT2D eigenvalue weighted by atomic mass is 10.0. The second-order valence-electron chi connectivity index (χ2n) is 5.16. The Morgan fingerprint density at radius 1 is 1.22 bits per heavy atom. The van der Waals surface area contributed by atoms with Crippen LogP contribution in [-0.4, -0.2) is 46.6 Å². The first kappa shape index (κ1) is 12.8. The summed E-state index contributed by atoms with van der Waals surface area (Å²) in [5.41, 5.74) is 0.605. The molecule has 0 bridgehead atoms. The summed E-state index contributed by atoms with van der Waals surface area (Å²) in [5.74, 6) is 0.983. The summed E-state index contributed by atoms with van der Waals surface area (Å²) < 4.78 is 0. The van der Waals surface area contributed by atoms with Crippen LogP contribution in [0.1, 0.15) is 19.5 Å². The molecule has 5 heteroatoms. The Morgan fingerprint density at radius 3 is 2.44 bits per heavy atom. The molecule has 0 N–H and O–H groups in total. The lowest BCUT2D eigenvalue weighted by molar-refractivity contribution is 0.158. The number of piperazine rings is 1. The maximum Gasteiger partial charge on any atom is 0.132 e. The number of hydrogen-bond donors (Lipinski definition) is 0. The lowest BCUT2D eigenvalue weighted by Gasteiger charge is -2.40. The van der Waals surface area contributed by atoms with Gasteiger partial charge in [-0.25, -0.2) is 9.97 Å². The van der Waals surface area contributed by atoms with Gasteiger partial charge >= 0.3 is 0 Å². The van der Waals surface area contributed by atoms with Crippen LogP contribution in [0.2, 0.25) is 0 Å². The summed E-state index contributed by atoms with van der Waals surface area (Å²) in [7, 11) is 0. The van der Waals surface area contributed by atoms with Crippen LogP contribution in [-0.2, 0) is 0 Å². The first-order chi connectivity index (χ1) is 8.53. The third-order valence-electron chi connectivity index (χ3n) is 3.46. The number of rotatable bonds is 2. The third kappa shape index (κ3) is 2.59. The van der Waals surface area contributed by atoms with E-state index in [0.717, 1.165) is 37.7 Å². The maximum absolute atomic E-state index is 9.14. The van der Waals surface area contributed by atoms with Crippen LogP contribution in [0.5, 0.6) is 0 Å². The molecule has 1 aliphatic rings. The molecule has 0 aromatic carbocycles. The van der Waals surface area contributed by atoms with E-state index in [-0.39, 0.29) is 5.54 Å². The van der Waals surface area contributed by atoms with Crippen LogP contribution >= 0.6 is 0 Å². The van der Waals surface area contributed by atoms with Gasteiger partial charge in [-0.2, -0.15) is 5.26 Å². The van der Waals surface area contributed by atoms with Crippen molar-refractivity contribution < 1.29 is 0 Å². The van der Waals surface area contributed by atoms with Crippen LogP contribution in [0.4, 0.5) is 5.82 Å². The minimum absolute atomic E-state index is 0.381. The maximum atomic E-state index is 9.14. The van der Waals surface area contributed by atoms with E-state index in [1.165, 1.54) is 0 Å². The Labute approximate surface area is 108 Å². The molecular weight excluding hydrogens is 226 g/mol. The molecule has 0 saturated carbocycles. The molecule has 18 heavy (non-hydrogen) atoms. The smallest absolute Gasteiger partial charge is 0.132 e. The van der Waals surface area contributed by atoms with E-state index in [1.54, 1.807) is 6.33 Å². The van der Waals surface area contributed by atoms with Crippen LogP contribution in [0.15, 0.2) is 12.4 Å². The Bertz CT molecular complexity index is 455. The molecule has 5 nitrogen and oxygen atoms in total. The summed E-state index contributed by atoms with van der Waals surface area (Å²) in [6, 6.07) is 4.36. The second kappa shape index (κ2) is 4.91. The van der Waals surface area contributed by atoms with Gasteiger partial charge in [-0.3, -0.25) is 4.90 Å². The molecule has 1 aromatic rings. The highest BCUT2D eigenvalue weighted by atomic mass is 15.3. The summed E-state index contributed by atoms with van der Waals surface area (Å²) in [4.78, 5) is 12.9. The predicted octanol–water partition coefficient (Wildman–Crippen LogP) is 1.21.